The van der Waals surface area contributed by atoms with E-state index in [0.717, 1.165) is 19.3 Å². The second kappa shape index (κ2) is 6.46. The van der Waals surface area contributed by atoms with E-state index in [2.05, 4.69) is 4.98 Å². The molecule has 21 heavy (non-hydrogen) atoms. The smallest absolute Gasteiger partial charge is 0.262 e. The second-order valence-corrected chi connectivity index (χ2v) is 7.99. The van der Waals surface area contributed by atoms with Crippen molar-refractivity contribution in [2.75, 3.05) is 13.2 Å². The molecule has 1 atom stereocenters. The number of aliphatic hydroxyl groups is 1. The van der Waals surface area contributed by atoms with Crippen LogP contribution in [0.5, 0.6) is 0 Å². The average molecular weight is 315 g/mol. The lowest BCUT2D eigenvalue weighted by Crippen LogP contribution is -2.44. The molecule has 1 heterocycles. The van der Waals surface area contributed by atoms with Gasteiger partial charge in [0.15, 0.2) is 5.03 Å². The van der Waals surface area contributed by atoms with Gasteiger partial charge in [0.2, 0.25) is 0 Å². The molecular formula is C14H25N3O3S. The molecule has 0 saturated heterocycles. The summed E-state index contributed by atoms with van der Waals surface area (Å²) in [5.74, 6) is 0.404. The van der Waals surface area contributed by atoms with Gasteiger partial charge in [-0.25, -0.2) is 13.4 Å². The van der Waals surface area contributed by atoms with Gasteiger partial charge in [-0.1, -0.05) is 6.42 Å². The highest BCUT2D eigenvalue weighted by atomic mass is 32.2. The van der Waals surface area contributed by atoms with E-state index in [1.54, 1.807) is 24.0 Å². The molecule has 1 aromatic rings. The summed E-state index contributed by atoms with van der Waals surface area (Å²) in [4.78, 5) is 4.05. The van der Waals surface area contributed by atoms with Gasteiger partial charge in [-0.2, -0.15) is 4.31 Å². The maximum Gasteiger partial charge on any atom is 0.262 e. The average Bonchev–Trinajstić information content (AvgIpc) is 2.86. The Morgan fingerprint density at radius 1 is 1.43 bits per heavy atom. The summed E-state index contributed by atoms with van der Waals surface area (Å²) < 4.78 is 28.7. The molecule has 0 unspecified atom stereocenters. The molecule has 0 spiro atoms. The summed E-state index contributed by atoms with van der Waals surface area (Å²) in [5, 5.41) is 9.45. The van der Waals surface area contributed by atoms with Crippen molar-refractivity contribution in [3.8, 4) is 0 Å². The Balaban J connectivity index is 2.26. The fourth-order valence-corrected chi connectivity index (χ4v) is 4.01. The third kappa shape index (κ3) is 3.46. The Morgan fingerprint density at radius 3 is 2.52 bits per heavy atom. The summed E-state index contributed by atoms with van der Waals surface area (Å²) in [6, 6.07) is -0.267. The number of aromatic nitrogens is 2. The van der Waals surface area contributed by atoms with Gasteiger partial charge in [-0.3, -0.25) is 0 Å². The maximum absolute atomic E-state index is 12.8. The van der Waals surface area contributed by atoms with E-state index in [-0.39, 0.29) is 17.7 Å². The number of sulfonamides is 1. The topological polar surface area (TPSA) is 75.4 Å². The molecule has 1 saturated carbocycles. The summed E-state index contributed by atoms with van der Waals surface area (Å²) in [6.07, 6.45) is 6.39. The minimum absolute atomic E-state index is 0.0656. The van der Waals surface area contributed by atoms with Crippen molar-refractivity contribution in [3.05, 3.63) is 12.5 Å². The van der Waals surface area contributed by atoms with E-state index in [9.17, 15) is 13.5 Å². The van der Waals surface area contributed by atoms with Gasteiger partial charge in [0.25, 0.3) is 10.0 Å². The van der Waals surface area contributed by atoms with Crippen LogP contribution in [0.15, 0.2) is 17.6 Å². The van der Waals surface area contributed by atoms with E-state index in [1.165, 1.54) is 4.31 Å². The molecule has 1 aromatic heterocycles. The molecule has 7 heteroatoms. The molecule has 2 rings (SSSR count). The van der Waals surface area contributed by atoms with Crippen molar-refractivity contribution in [1.82, 2.24) is 13.9 Å². The minimum atomic E-state index is -3.65. The van der Waals surface area contributed by atoms with Crippen molar-refractivity contribution in [2.45, 2.75) is 57.1 Å². The predicted octanol–water partition coefficient (Wildman–Crippen LogP) is 1.64. The van der Waals surface area contributed by atoms with Crippen molar-refractivity contribution in [1.29, 1.82) is 0 Å². The summed E-state index contributed by atoms with van der Waals surface area (Å²) in [7, 11) is -3.65. The summed E-state index contributed by atoms with van der Waals surface area (Å²) >= 11 is 0. The maximum atomic E-state index is 12.8. The molecule has 0 amide bonds. The lowest BCUT2D eigenvalue weighted by Gasteiger charge is -2.34. The van der Waals surface area contributed by atoms with Crippen LogP contribution >= 0.6 is 0 Å². The fraction of sp³-hybridized carbons (Fsp3) is 0.786. The Bertz CT molecular complexity index is 564. The molecule has 0 aliphatic heterocycles. The highest BCUT2D eigenvalue weighted by Gasteiger charge is 2.34. The van der Waals surface area contributed by atoms with Crippen LogP contribution in [0, 0.1) is 5.92 Å². The van der Waals surface area contributed by atoms with Crippen LogP contribution in [0.3, 0.4) is 0 Å². The van der Waals surface area contributed by atoms with Crippen LogP contribution in [0.25, 0.3) is 0 Å². The van der Waals surface area contributed by atoms with E-state index < -0.39 is 16.1 Å². The van der Waals surface area contributed by atoms with Crippen LogP contribution in [-0.4, -0.2) is 46.6 Å². The Morgan fingerprint density at radius 2 is 2.10 bits per heavy atom. The monoisotopic (exact) mass is 315 g/mol. The molecule has 120 valence electrons. The van der Waals surface area contributed by atoms with Gasteiger partial charge in [0, 0.05) is 24.8 Å². The van der Waals surface area contributed by atoms with E-state index >= 15 is 0 Å². The zero-order valence-corrected chi connectivity index (χ0v) is 13.8. The van der Waals surface area contributed by atoms with E-state index in [4.69, 9.17) is 0 Å². The van der Waals surface area contributed by atoms with Crippen molar-refractivity contribution in [2.24, 2.45) is 5.92 Å². The first-order valence-electron chi connectivity index (χ1n) is 7.52. The second-order valence-electron chi connectivity index (χ2n) is 6.16. The zero-order chi connectivity index (χ0) is 15.6. The lowest BCUT2D eigenvalue weighted by atomic mass is 9.85. The highest BCUT2D eigenvalue weighted by Crippen LogP contribution is 2.30. The van der Waals surface area contributed by atoms with Gasteiger partial charge in [-0.15, -0.1) is 0 Å². The first-order chi connectivity index (χ1) is 9.86. The number of hydrogen-bond acceptors (Lipinski definition) is 4. The standard InChI is InChI=1S/C14H25N3O3S/c1-11(2)16-8-14(15-10-16)21(19,20)17(12(3)9-18)7-13-5-4-6-13/h8,10-13,18H,4-7,9H2,1-3H3/t12-/m1/s1. The van der Waals surface area contributed by atoms with Crippen molar-refractivity contribution < 1.29 is 13.5 Å². The number of rotatable bonds is 7. The fourth-order valence-electron chi connectivity index (χ4n) is 2.39. The van der Waals surface area contributed by atoms with Crippen LogP contribution in [0.2, 0.25) is 0 Å². The number of aliphatic hydroxyl groups excluding tert-OH is 1. The Kier molecular flexibility index (Phi) is 5.06. The Labute approximate surface area is 126 Å². The third-order valence-electron chi connectivity index (χ3n) is 4.17. The molecule has 1 aliphatic carbocycles. The van der Waals surface area contributed by atoms with E-state index in [1.807, 2.05) is 13.8 Å². The van der Waals surface area contributed by atoms with Crippen LogP contribution in [0.1, 0.15) is 46.1 Å². The largest absolute Gasteiger partial charge is 0.395 e. The van der Waals surface area contributed by atoms with Crippen LogP contribution in [-0.2, 0) is 10.0 Å². The van der Waals surface area contributed by atoms with Crippen LogP contribution < -0.4 is 0 Å². The lowest BCUT2D eigenvalue weighted by molar-refractivity contribution is 0.162. The van der Waals surface area contributed by atoms with Crippen molar-refractivity contribution >= 4 is 10.0 Å². The molecule has 6 nitrogen and oxygen atoms in total. The molecule has 0 radical (unpaired) electrons. The van der Waals surface area contributed by atoms with Crippen molar-refractivity contribution in [3.63, 3.8) is 0 Å². The molecule has 1 N–H and O–H groups in total. The van der Waals surface area contributed by atoms with Gasteiger partial charge in [0.05, 0.1) is 12.9 Å². The number of hydrogen-bond donors (Lipinski definition) is 1. The SMILES string of the molecule is CC(C)n1cnc(S(=O)(=O)N(CC2CCC2)[C@H](C)CO)c1. The van der Waals surface area contributed by atoms with Gasteiger partial charge in [-0.05, 0) is 39.5 Å². The molecule has 0 bridgehead atoms. The minimum Gasteiger partial charge on any atom is -0.395 e. The summed E-state index contributed by atoms with van der Waals surface area (Å²) in [5.41, 5.74) is 0. The van der Waals surface area contributed by atoms with Gasteiger partial charge < -0.3 is 9.67 Å². The summed E-state index contributed by atoms with van der Waals surface area (Å²) in [6.45, 7) is 5.96. The normalized spacial score (nSPS) is 18.2. The Hall–Kier alpha value is -0.920. The predicted molar refractivity (Wildman–Crippen MR) is 80.4 cm³/mol. The highest BCUT2D eigenvalue weighted by molar-refractivity contribution is 7.89. The van der Waals surface area contributed by atoms with E-state index in [0.29, 0.717) is 12.5 Å². The third-order valence-corrected chi connectivity index (χ3v) is 6.03. The molecular weight excluding hydrogens is 290 g/mol. The molecule has 1 fully saturated rings. The number of imidazole rings is 1. The quantitative estimate of drug-likeness (QED) is 0.830. The first-order valence-corrected chi connectivity index (χ1v) is 8.96. The van der Waals surface area contributed by atoms with Gasteiger partial charge >= 0.3 is 0 Å². The molecule has 0 aromatic carbocycles. The van der Waals surface area contributed by atoms with Crippen LogP contribution in [0.4, 0.5) is 0 Å². The number of nitrogens with zero attached hydrogens (tertiary/aromatic N) is 3. The molecule has 1 aliphatic rings. The van der Waals surface area contributed by atoms with Gasteiger partial charge in [0.1, 0.15) is 0 Å². The zero-order valence-electron chi connectivity index (χ0n) is 12.9. The first kappa shape index (κ1) is 16.5.